The molecule has 0 atom stereocenters. The maximum atomic E-state index is 5.51. The topological polar surface area (TPSA) is 9.23 Å². The summed E-state index contributed by atoms with van der Waals surface area (Å²) < 4.78 is 5.51. The molecule has 2 aromatic rings. The summed E-state index contributed by atoms with van der Waals surface area (Å²) in [6, 6.07) is 10.8. The molecule has 0 saturated carbocycles. The molecule has 2 rings (SSSR count). The lowest BCUT2D eigenvalue weighted by atomic mass is 9.96. The summed E-state index contributed by atoms with van der Waals surface area (Å²) in [4.78, 5) is 0. The first-order valence-electron chi connectivity index (χ1n) is 12.0. The molecule has 172 valence electrons. The Bertz CT molecular complexity index is 1030. The van der Waals surface area contributed by atoms with Gasteiger partial charge in [0.15, 0.2) is 0 Å². The highest BCUT2D eigenvalue weighted by atomic mass is 28.3. The predicted octanol–water partition coefficient (Wildman–Crippen LogP) is 8.23. The van der Waals surface area contributed by atoms with Crippen LogP contribution < -0.4 is 4.74 Å². The van der Waals surface area contributed by atoms with Crippen LogP contribution in [0, 0.1) is 22.9 Å². The summed E-state index contributed by atoms with van der Waals surface area (Å²) in [6.45, 7) is 21.1. The third kappa shape index (κ3) is 6.09. The van der Waals surface area contributed by atoms with Crippen molar-refractivity contribution < 1.29 is 4.74 Å². The van der Waals surface area contributed by atoms with Gasteiger partial charge in [-0.15, -0.1) is 17.0 Å². The van der Waals surface area contributed by atoms with Crippen molar-refractivity contribution in [2.75, 3.05) is 7.11 Å². The lowest BCUT2D eigenvalue weighted by molar-refractivity contribution is 0.415. The van der Waals surface area contributed by atoms with Crippen molar-refractivity contribution in [2.45, 2.75) is 90.6 Å². The van der Waals surface area contributed by atoms with Crippen LogP contribution in [0.5, 0.6) is 5.75 Å². The van der Waals surface area contributed by atoms with Crippen molar-refractivity contribution in [3.63, 3.8) is 0 Å². The van der Waals surface area contributed by atoms with Crippen molar-refractivity contribution in [3.8, 4) is 28.7 Å². The molecule has 0 saturated heterocycles. The molecular formula is C29H42OSi2. The van der Waals surface area contributed by atoms with Crippen LogP contribution in [0.4, 0.5) is 0 Å². The Kier molecular flexibility index (Phi) is 8.86. The predicted molar refractivity (Wildman–Crippen MR) is 148 cm³/mol. The second-order valence-corrected chi connectivity index (χ2v) is 21.2. The van der Waals surface area contributed by atoms with E-state index in [1.54, 1.807) is 7.11 Å². The maximum Gasteiger partial charge on any atom is 0.145 e. The molecule has 0 spiro atoms. The Morgan fingerprint density at radius 1 is 0.844 bits per heavy atom. The third-order valence-corrected chi connectivity index (χ3v) is 13.8. The van der Waals surface area contributed by atoms with Gasteiger partial charge in [-0.1, -0.05) is 85.3 Å². The highest BCUT2D eigenvalue weighted by molar-refractivity contribution is 6.90. The van der Waals surface area contributed by atoms with Gasteiger partial charge in [0.2, 0.25) is 0 Å². The molecule has 32 heavy (non-hydrogen) atoms. The van der Waals surface area contributed by atoms with Gasteiger partial charge in [0.1, 0.15) is 21.9 Å². The van der Waals surface area contributed by atoms with Crippen molar-refractivity contribution in [1.82, 2.24) is 0 Å². The van der Waals surface area contributed by atoms with E-state index in [0.29, 0.717) is 16.6 Å². The van der Waals surface area contributed by atoms with Crippen molar-refractivity contribution in [1.29, 1.82) is 0 Å². The van der Waals surface area contributed by atoms with E-state index in [2.05, 4.69) is 108 Å². The Morgan fingerprint density at radius 2 is 1.44 bits per heavy atom. The lowest BCUT2D eigenvalue weighted by Crippen LogP contribution is -2.43. The first-order chi connectivity index (χ1) is 14.9. The van der Waals surface area contributed by atoms with Gasteiger partial charge in [0.25, 0.3) is 0 Å². The van der Waals surface area contributed by atoms with Gasteiger partial charge in [-0.25, -0.2) is 0 Å². The van der Waals surface area contributed by atoms with Crippen LogP contribution in [0.3, 0.4) is 0 Å². The molecule has 0 radical (unpaired) electrons. The summed E-state index contributed by atoms with van der Waals surface area (Å²) in [5.74, 6) is 8.09. The molecular weight excluding hydrogens is 420 g/mol. The van der Waals surface area contributed by atoms with Gasteiger partial charge in [-0.3, -0.25) is 0 Å². The fourth-order valence-corrected chi connectivity index (χ4v) is 10.7. The number of methoxy groups -OCH3 is 1. The number of rotatable bonds is 6. The molecule has 0 heterocycles. The molecule has 0 bridgehead atoms. The second-order valence-electron chi connectivity index (χ2n) is 10.9. The van der Waals surface area contributed by atoms with Crippen LogP contribution in [0.15, 0.2) is 30.3 Å². The minimum atomic E-state index is -1.68. The third-order valence-electron chi connectivity index (χ3n) is 6.57. The Hall–Kier alpha value is -1.95. The monoisotopic (exact) mass is 462 g/mol. The zero-order chi connectivity index (χ0) is 24.1. The molecule has 2 aromatic carbocycles. The molecule has 0 N–H and O–H groups in total. The van der Waals surface area contributed by atoms with E-state index in [4.69, 9.17) is 4.74 Å². The molecule has 0 fully saturated rings. The van der Waals surface area contributed by atoms with Gasteiger partial charge >= 0.3 is 0 Å². The van der Waals surface area contributed by atoms with Crippen LogP contribution in [0.1, 0.15) is 59.1 Å². The number of aryl methyl sites for hydroxylation is 1. The van der Waals surface area contributed by atoms with Crippen LogP contribution in [0.2, 0.25) is 36.3 Å². The minimum absolute atomic E-state index is 0.668. The van der Waals surface area contributed by atoms with E-state index >= 15 is 0 Å². The van der Waals surface area contributed by atoms with Gasteiger partial charge in [0, 0.05) is 17.4 Å². The van der Waals surface area contributed by atoms with Crippen LogP contribution in [0.25, 0.3) is 10.8 Å². The average Bonchev–Trinajstić information content (AvgIpc) is 2.70. The average molecular weight is 463 g/mol. The highest BCUT2D eigenvalue weighted by Crippen LogP contribution is 2.40. The lowest BCUT2D eigenvalue weighted by Gasteiger charge is -2.38. The number of hydrogen-bond donors (Lipinski definition) is 0. The normalized spacial score (nSPS) is 12.0. The van der Waals surface area contributed by atoms with Crippen LogP contribution >= 0.6 is 0 Å². The molecule has 0 aliphatic carbocycles. The molecule has 0 aromatic heterocycles. The quantitative estimate of drug-likeness (QED) is 0.310. The van der Waals surface area contributed by atoms with Crippen molar-refractivity contribution >= 4 is 26.9 Å². The van der Waals surface area contributed by atoms with Gasteiger partial charge in [-0.05, 0) is 46.1 Å². The minimum Gasteiger partial charge on any atom is -0.497 e. The SMILES string of the molecule is COc1ccc2ccc(CCC#C[Si](C(C)C)(C(C)C)C(C)C)c(C#C[Si](C)(C)C)c2c1. The summed E-state index contributed by atoms with van der Waals surface area (Å²) in [5.41, 5.74) is 11.9. The van der Waals surface area contributed by atoms with E-state index in [9.17, 15) is 0 Å². The zero-order valence-corrected chi connectivity index (χ0v) is 23.9. The van der Waals surface area contributed by atoms with E-state index < -0.39 is 16.1 Å². The smallest absolute Gasteiger partial charge is 0.145 e. The second kappa shape index (κ2) is 10.8. The summed E-state index contributed by atoms with van der Waals surface area (Å²) in [5, 5.41) is 2.40. The fraction of sp³-hybridized carbons (Fsp3) is 0.517. The molecule has 0 unspecified atom stereocenters. The largest absolute Gasteiger partial charge is 0.497 e. The van der Waals surface area contributed by atoms with Crippen LogP contribution in [-0.4, -0.2) is 23.3 Å². The molecule has 0 aliphatic rings. The standard InChI is InChI=1S/C29H42OSi2/c1-22(2)32(23(3)4,24(5)6)19-12-11-13-25-14-15-26-16-17-27(30-7)21-29(26)28(25)18-20-31(8,9)10/h14-17,21-24H,11,13H2,1-10H3. The van der Waals surface area contributed by atoms with Gasteiger partial charge in [0.05, 0.1) is 7.11 Å². The van der Waals surface area contributed by atoms with E-state index in [0.717, 1.165) is 24.2 Å². The molecule has 1 nitrogen and oxygen atoms in total. The molecule has 0 amide bonds. The van der Waals surface area contributed by atoms with Gasteiger partial charge < -0.3 is 4.74 Å². The first kappa shape index (κ1) is 26.3. The van der Waals surface area contributed by atoms with Crippen molar-refractivity contribution in [3.05, 3.63) is 41.5 Å². The van der Waals surface area contributed by atoms with E-state index in [1.165, 1.54) is 16.3 Å². The number of hydrogen-bond acceptors (Lipinski definition) is 1. The highest BCUT2D eigenvalue weighted by Gasteiger charge is 2.41. The fourth-order valence-electron chi connectivity index (χ4n) is 4.92. The van der Waals surface area contributed by atoms with Crippen LogP contribution in [-0.2, 0) is 6.42 Å². The molecule has 3 heteroatoms. The van der Waals surface area contributed by atoms with E-state index in [1.807, 2.05) is 6.07 Å². The Balaban J connectivity index is 2.47. The van der Waals surface area contributed by atoms with E-state index in [-0.39, 0.29) is 0 Å². The summed E-state index contributed by atoms with van der Waals surface area (Å²) >= 11 is 0. The summed E-state index contributed by atoms with van der Waals surface area (Å²) in [7, 11) is -1.44. The maximum absolute atomic E-state index is 5.51. The van der Waals surface area contributed by atoms with Crippen molar-refractivity contribution in [2.24, 2.45) is 0 Å². The summed E-state index contributed by atoms with van der Waals surface area (Å²) in [6.07, 6.45) is 1.83. The molecule has 0 aliphatic heterocycles. The number of ether oxygens (including phenoxy) is 1. The Morgan fingerprint density at radius 3 is 1.97 bits per heavy atom. The first-order valence-corrected chi connectivity index (χ1v) is 17.8. The zero-order valence-electron chi connectivity index (χ0n) is 21.9. The Labute approximate surface area is 199 Å². The number of fused-ring (bicyclic) bond motifs is 1. The van der Waals surface area contributed by atoms with Gasteiger partial charge in [-0.2, -0.15) is 0 Å². The number of benzene rings is 2.